The summed E-state index contributed by atoms with van der Waals surface area (Å²) >= 11 is 3.24. The van der Waals surface area contributed by atoms with Crippen LogP contribution in [0.4, 0.5) is 5.69 Å². The zero-order chi connectivity index (χ0) is 14.8. The van der Waals surface area contributed by atoms with E-state index in [-0.39, 0.29) is 16.9 Å². The molecule has 20 heavy (non-hydrogen) atoms. The first-order chi connectivity index (χ1) is 9.44. The number of sulfonamides is 1. The summed E-state index contributed by atoms with van der Waals surface area (Å²) in [6, 6.07) is 4.67. The zero-order valence-electron chi connectivity index (χ0n) is 11.3. The molecular formula is C13H19BrN2O3S. The van der Waals surface area contributed by atoms with Gasteiger partial charge < -0.3 is 10.5 Å². The molecular weight excluding hydrogens is 344 g/mol. The maximum atomic E-state index is 12.3. The summed E-state index contributed by atoms with van der Waals surface area (Å²) in [5, 5.41) is 0. The molecule has 0 aliphatic carbocycles. The monoisotopic (exact) mass is 362 g/mol. The second-order valence-electron chi connectivity index (χ2n) is 4.91. The van der Waals surface area contributed by atoms with Crippen LogP contribution in [0, 0.1) is 5.92 Å². The molecule has 2 atom stereocenters. The number of halogens is 1. The van der Waals surface area contributed by atoms with Crippen molar-refractivity contribution in [3.63, 3.8) is 0 Å². The second-order valence-corrected chi connectivity index (χ2v) is 7.50. The molecule has 7 heteroatoms. The summed E-state index contributed by atoms with van der Waals surface area (Å²) in [5.74, 6) is 0.238. The molecule has 112 valence electrons. The molecule has 1 saturated heterocycles. The molecule has 0 aromatic heterocycles. The van der Waals surface area contributed by atoms with Gasteiger partial charge in [-0.2, -0.15) is 0 Å². The molecule has 0 amide bonds. The van der Waals surface area contributed by atoms with Crippen molar-refractivity contribution in [1.29, 1.82) is 0 Å². The fourth-order valence-corrected chi connectivity index (χ4v) is 4.59. The summed E-state index contributed by atoms with van der Waals surface area (Å²) < 4.78 is 33.3. The van der Waals surface area contributed by atoms with Crippen LogP contribution in [-0.2, 0) is 14.8 Å². The molecule has 0 spiro atoms. The number of benzene rings is 1. The Morgan fingerprint density at radius 3 is 2.90 bits per heavy atom. The van der Waals surface area contributed by atoms with Crippen molar-refractivity contribution in [3.8, 4) is 0 Å². The quantitative estimate of drug-likeness (QED) is 0.786. The minimum Gasteiger partial charge on any atom is -0.399 e. The topological polar surface area (TPSA) is 81.4 Å². The van der Waals surface area contributed by atoms with Gasteiger partial charge in [-0.3, -0.25) is 0 Å². The lowest BCUT2D eigenvalue weighted by Crippen LogP contribution is -2.32. The van der Waals surface area contributed by atoms with Crippen LogP contribution >= 0.6 is 15.9 Å². The fraction of sp³-hybridized carbons (Fsp3) is 0.538. The van der Waals surface area contributed by atoms with Crippen LogP contribution in [0.15, 0.2) is 27.6 Å². The Morgan fingerprint density at radius 2 is 2.25 bits per heavy atom. The average Bonchev–Trinajstić information content (AvgIpc) is 2.83. The third kappa shape index (κ3) is 3.52. The van der Waals surface area contributed by atoms with Gasteiger partial charge in [-0.15, -0.1) is 0 Å². The molecule has 0 bridgehead atoms. The first-order valence-corrected chi connectivity index (χ1v) is 8.88. The number of hydrogen-bond donors (Lipinski definition) is 2. The van der Waals surface area contributed by atoms with E-state index in [0.717, 1.165) is 12.8 Å². The van der Waals surface area contributed by atoms with E-state index in [1.807, 2.05) is 6.92 Å². The van der Waals surface area contributed by atoms with E-state index in [0.29, 0.717) is 23.3 Å². The SMILES string of the molecule is CCC1OCCC1CNS(=O)(=O)c1ccc(N)cc1Br. The molecule has 1 heterocycles. The molecule has 0 saturated carbocycles. The number of anilines is 1. The van der Waals surface area contributed by atoms with Crippen molar-refractivity contribution in [2.45, 2.75) is 30.8 Å². The summed E-state index contributed by atoms with van der Waals surface area (Å²) in [5.41, 5.74) is 6.14. The molecule has 1 aromatic rings. The van der Waals surface area contributed by atoms with Gasteiger partial charge in [-0.25, -0.2) is 13.1 Å². The van der Waals surface area contributed by atoms with Crippen LogP contribution in [0.25, 0.3) is 0 Å². The second kappa shape index (κ2) is 6.43. The van der Waals surface area contributed by atoms with Crippen molar-refractivity contribution in [3.05, 3.63) is 22.7 Å². The minimum absolute atomic E-state index is 0.146. The number of nitrogens with two attached hydrogens (primary N) is 1. The molecule has 1 fully saturated rings. The highest BCUT2D eigenvalue weighted by atomic mass is 79.9. The van der Waals surface area contributed by atoms with Crippen LogP contribution in [-0.4, -0.2) is 27.7 Å². The van der Waals surface area contributed by atoms with E-state index in [1.165, 1.54) is 6.07 Å². The Morgan fingerprint density at radius 1 is 1.50 bits per heavy atom. The van der Waals surface area contributed by atoms with Crippen molar-refractivity contribution >= 4 is 31.6 Å². The molecule has 3 N–H and O–H groups in total. The predicted octanol–water partition coefficient (Wildman–Crippen LogP) is 2.12. The molecule has 5 nitrogen and oxygen atoms in total. The number of rotatable bonds is 5. The molecule has 1 aliphatic rings. The molecule has 0 radical (unpaired) electrons. The highest BCUT2D eigenvalue weighted by molar-refractivity contribution is 9.10. The summed E-state index contributed by atoms with van der Waals surface area (Å²) in [7, 11) is -3.53. The molecule has 1 aromatic carbocycles. The van der Waals surface area contributed by atoms with Gasteiger partial charge in [-0.1, -0.05) is 6.92 Å². The number of nitrogens with one attached hydrogen (secondary N) is 1. The first-order valence-electron chi connectivity index (χ1n) is 6.60. The Labute approximate surface area is 128 Å². The Balaban J connectivity index is 2.07. The summed E-state index contributed by atoms with van der Waals surface area (Å²) in [6.07, 6.45) is 1.94. The smallest absolute Gasteiger partial charge is 0.241 e. The van der Waals surface area contributed by atoms with E-state index in [4.69, 9.17) is 10.5 Å². The predicted molar refractivity (Wildman–Crippen MR) is 81.9 cm³/mol. The lowest BCUT2D eigenvalue weighted by molar-refractivity contribution is 0.0884. The highest BCUT2D eigenvalue weighted by Crippen LogP contribution is 2.26. The lowest BCUT2D eigenvalue weighted by atomic mass is 10.0. The lowest BCUT2D eigenvalue weighted by Gasteiger charge is -2.17. The fourth-order valence-electron chi connectivity index (χ4n) is 2.41. The van der Waals surface area contributed by atoms with E-state index in [1.54, 1.807) is 12.1 Å². The standard InChI is InChI=1S/C13H19BrN2O3S/c1-2-12-9(5-6-19-12)8-16-20(17,18)13-4-3-10(15)7-11(13)14/h3-4,7,9,12,16H,2,5-6,8,15H2,1H3. The van der Waals surface area contributed by atoms with Gasteiger partial charge in [0.15, 0.2) is 0 Å². The van der Waals surface area contributed by atoms with Crippen molar-refractivity contribution in [2.24, 2.45) is 5.92 Å². The zero-order valence-corrected chi connectivity index (χ0v) is 13.7. The Bertz CT molecular complexity index is 577. The van der Waals surface area contributed by atoms with Gasteiger partial charge in [0.05, 0.1) is 11.0 Å². The Kier molecular flexibility index (Phi) is 5.06. The maximum absolute atomic E-state index is 12.3. The summed E-state index contributed by atoms with van der Waals surface area (Å²) in [6.45, 7) is 3.15. The summed E-state index contributed by atoms with van der Waals surface area (Å²) in [4.78, 5) is 0.207. The van der Waals surface area contributed by atoms with Crippen molar-refractivity contribution in [2.75, 3.05) is 18.9 Å². The minimum atomic E-state index is -3.53. The number of hydrogen-bond acceptors (Lipinski definition) is 4. The van der Waals surface area contributed by atoms with Gasteiger partial charge in [0.1, 0.15) is 0 Å². The normalized spacial score (nSPS) is 23.1. The van der Waals surface area contributed by atoms with Crippen LogP contribution < -0.4 is 10.5 Å². The number of ether oxygens (including phenoxy) is 1. The third-order valence-electron chi connectivity index (χ3n) is 3.53. The van der Waals surface area contributed by atoms with E-state index >= 15 is 0 Å². The van der Waals surface area contributed by atoms with Gasteiger partial charge in [0.2, 0.25) is 10.0 Å². The first kappa shape index (κ1) is 15.8. The van der Waals surface area contributed by atoms with Crippen molar-refractivity contribution in [1.82, 2.24) is 4.72 Å². The maximum Gasteiger partial charge on any atom is 0.241 e. The van der Waals surface area contributed by atoms with Crippen LogP contribution in [0.3, 0.4) is 0 Å². The number of nitrogen functional groups attached to an aromatic ring is 1. The average molecular weight is 363 g/mol. The van der Waals surface area contributed by atoms with Gasteiger partial charge >= 0.3 is 0 Å². The largest absolute Gasteiger partial charge is 0.399 e. The molecule has 2 unspecified atom stereocenters. The highest BCUT2D eigenvalue weighted by Gasteiger charge is 2.28. The van der Waals surface area contributed by atoms with Crippen LogP contribution in [0.2, 0.25) is 0 Å². The third-order valence-corrected chi connectivity index (χ3v) is 5.93. The van der Waals surface area contributed by atoms with Crippen LogP contribution in [0.1, 0.15) is 19.8 Å². The van der Waals surface area contributed by atoms with Gasteiger partial charge in [-0.05, 0) is 47.0 Å². The van der Waals surface area contributed by atoms with Crippen LogP contribution in [0.5, 0.6) is 0 Å². The Hall–Kier alpha value is -0.630. The van der Waals surface area contributed by atoms with Gasteiger partial charge in [0, 0.05) is 29.2 Å². The van der Waals surface area contributed by atoms with Gasteiger partial charge in [0.25, 0.3) is 0 Å². The van der Waals surface area contributed by atoms with E-state index in [9.17, 15) is 8.42 Å². The molecule has 2 rings (SSSR count). The van der Waals surface area contributed by atoms with E-state index < -0.39 is 10.0 Å². The van der Waals surface area contributed by atoms with E-state index in [2.05, 4.69) is 20.7 Å². The molecule has 1 aliphatic heterocycles. The van der Waals surface area contributed by atoms with Crippen molar-refractivity contribution < 1.29 is 13.2 Å².